The number of carbonyl (C=O) groups is 1. The SMILES string of the molecule is C=CCn1c(SC(C)C(=O)c2cc(C)c(C)cc2C)nnc1-c1ccncc1. The van der Waals surface area contributed by atoms with E-state index in [9.17, 15) is 4.79 Å². The Morgan fingerprint density at radius 1 is 1.14 bits per heavy atom. The average Bonchev–Trinajstić information content (AvgIpc) is 3.07. The van der Waals surface area contributed by atoms with Crippen molar-refractivity contribution in [3.63, 3.8) is 0 Å². The van der Waals surface area contributed by atoms with Gasteiger partial charge in [0.05, 0.1) is 5.25 Å². The van der Waals surface area contributed by atoms with Crippen LogP contribution in [0.25, 0.3) is 11.4 Å². The highest BCUT2D eigenvalue weighted by molar-refractivity contribution is 8.00. The number of aromatic nitrogens is 4. The van der Waals surface area contributed by atoms with Crippen molar-refractivity contribution in [3.8, 4) is 11.4 Å². The highest BCUT2D eigenvalue weighted by Gasteiger charge is 2.23. The van der Waals surface area contributed by atoms with Crippen molar-refractivity contribution < 1.29 is 4.79 Å². The molecule has 6 heteroatoms. The van der Waals surface area contributed by atoms with Gasteiger partial charge in [0.1, 0.15) is 0 Å². The third kappa shape index (κ3) is 4.07. The molecular formula is C22H24N4OS. The first-order valence-corrected chi connectivity index (χ1v) is 10.0. The van der Waals surface area contributed by atoms with Gasteiger partial charge >= 0.3 is 0 Å². The molecule has 2 heterocycles. The van der Waals surface area contributed by atoms with E-state index in [1.165, 1.54) is 17.3 Å². The Morgan fingerprint density at radius 2 is 1.82 bits per heavy atom. The molecule has 0 spiro atoms. The fourth-order valence-corrected chi connectivity index (χ4v) is 3.97. The third-order valence-electron chi connectivity index (χ3n) is 4.72. The summed E-state index contributed by atoms with van der Waals surface area (Å²) in [5, 5.41) is 9.10. The van der Waals surface area contributed by atoms with Crippen molar-refractivity contribution >= 4 is 17.5 Å². The zero-order chi connectivity index (χ0) is 20.3. The molecule has 28 heavy (non-hydrogen) atoms. The summed E-state index contributed by atoms with van der Waals surface area (Å²) in [6, 6.07) is 7.85. The van der Waals surface area contributed by atoms with Gasteiger partial charge in [-0.15, -0.1) is 16.8 Å². The lowest BCUT2D eigenvalue weighted by atomic mass is 9.97. The van der Waals surface area contributed by atoms with Crippen molar-refractivity contribution in [3.05, 3.63) is 71.6 Å². The number of Topliss-reactive ketones (excluding diaryl/α,β-unsaturated/α-hetero) is 1. The molecule has 1 aromatic carbocycles. The first-order chi connectivity index (χ1) is 13.4. The Kier molecular flexibility index (Phi) is 6.09. The van der Waals surface area contributed by atoms with Gasteiger partial charge in [-0.1, -0.05) is 23.9 Å². The molecule has 0 fully saturated rings. The molecular weight excluding hydrogens is 368 g/mol. The number of carbonyl (C=O) groups excluding carboxylic acids is 1. The molecule has 2 aromatic heterocycles. The summed E-state index contributed by atoms with van der Waals surface area (Å²) in [5.41, 5.74) is 5.03. The van der Waals surface area contributed by atoms with Crippen molar-refractivity contribution in [2.24, 2.45) is 0 Å². The number of thioether (sulfide) groups is 1. The molecule has 0 aliphatic rings. The van der Waals surface area contributed by atoms with Crippen LogP contribution in [0.1, 0.15) is 34.0 Å². The van der Waals surface area contributed by atoms with Crippen LogP contribution in [0.4, 0.5) is 0 Å². The fourth-order valence-electron chi connectivity index (χ4n) is 3.04. The maximum absolute atomic E-state index is 13.1. The Morgan fingerprint density at radius 3 is 2.50 bits per heavy atom. The summed E-state index contributed by atoms with van der Waals surface area (Å²) in [7, 11) is 0. The number of ketones is 1. The standard InChI is InChI=1S/C22H24N4OS/c1-6-11-26-21(18-7-9-23-10-8-18)24-25-22(26)28-17(5)20(27)19-13-15(3)14(2)12-16(19)4/h6-10,12-13,17H,1,11H2,2-5H3. The number of pyridine rings is 1. The summed E-state index contributed by atoms with van der Waals surface area (Å²) in [6.45, 7) is 12.4. The number of hydrogen-bond acceptors (Lipinski definition) is 5. The van der Waals surface area contributed by atoms with Gasteiger partial charge in [0.15, 0.2) is 16.8 Å². The summed E-state index contributed by atoms with van der Waals surface area (Å²) < 4.78 is 1.98. The van der Waals surface area contributed by atoms with Crippen molar-refractivity contribution in [1.82, 2.24) is 19.7 Å². The molecule has 0 N–H and O–H groups in total. The van der Waals surface area contributed by atoms with Crippen LogP contribution in [-0.2, 0) is 6.54 Å². The minimum absolute atomic E-state index is 0.101. The zero-order valence-corrected chi connectivity index (χ0v) is 17.5. The second kappa shape index (κ2) is 8.52. The van der Waals surface area contributed by atoms with Crippen LogP contribution in [0.15, 0.2) is 54.5 Å². The minimum atomic E-state index is -0.279. The highest BCUT2D eigenvalue weighted by atomic mass is 32.2. The molecule has 1 atom stereocenters. The maximum atomic E-state index is 13.1. The Hall–Kier alpha value is -2.73. The Bertz CT molecular complexity index is 1010. The molecule has 5 nitrogen and oxygen atoms in total. The zero-order valence-electron chi connectivity index (χ0n) is 16.6. The number of hydrogen-bond donors (Lipinski definition) is 0. The predicted molar refractivity (Wildman–Crippen MR) is 114 cm³/mol. The van der Waals surface area contributed by atoms with E-state index < -0.39 is 0 Å². The lowest BCUT2D eigenvalue weighted by molar-refractivity contribution is 0.0993. The monoisotopic (exact) mass is 392 g/mol. The Labute approximate surface area is 169 Å². The van der Waals surface area contributed by atoms with Gasteiger partial charge in [0.2, 0.25) is 0 Å². The molecule has 0 aliphatic heterocycles. The normalized spacial score (nSPS) is 12.0. The number of aryl methyl sites for hydroxylation is 3. The Balaban J connectivity index is 1.89. The van der Waals surface area contributed by atoms with E-state index in [2.05, 4.69) is 34.8 Å². The highest BCUT2D eigenvalue weighted by Crippen LogP contribution is 2.29. The third-order valence-corrected chi connectivity index (χ3v) is 5.81. The lowest BCUT2D eigenvalue weighted by Crippen LogP contribution is -2.16. The molecule has 0 saturated heterocycles. The van der Waals surface area contributed by atoms with Gasteiger partial charge in [-0.25, -0.2) is 0 Å². The van der Waals surface area contributed by atoms with Gasteiger partial charge < -0.3 is 0 Å². The molecule has 0 aliphatic carbocycles. The molecule has 0 radical (unpaired) electrons. The minimum Gasteiger partial charge on any atom is -0.298 e. The van der Waals surface area contributed by atoms with E-state index >= 15 is 0 Å². The van der Waals surface area contributed by atoms with Gasteiger partial charge in [0, 0.05) is 30.1 Å². The van der Waals surface area contributed by atoms with Crippen molar-refractivity contribution in [2.45, 2.75) is 44.6 Å². The van der Waals surface area contributed by atoms with Gasteiger partial charge in [-0.05, 0) is 62.6 Å². The van der Waals surface area contributed by atoms with Crippen LogP contribution in [0.5, 0.6) is 0 Å². The molecule has 144 valence electrons. The second-order valence-corrected chi connectivity index (χ2v) is 8.13. The molecule has 0 amide bonds. The predicted octanol–water partition coefficient (Wildman–Crippen LogP) is 4.81. The van der Waals surface area contributed by atoms with Crippen LogP contribution in [0.2, 0.25) is 0 Å². The maximum Gasteiger partial charge on any atom is 0.192 e. The molecule has 0 bridgehead atoms. The van der Waals surface area contributed by atoms with E-state index in [1.807, 2.05) is 43.5 Å². The number of rotatable bonds is 7. The largest absolute Gasteiger partial charge is 0.298 e. The van der Waals surface area contributed by atoms with Gasteiger partial charge in [0.25, 0.3) is 0 Å². The number of allylic oxidation sites excluding steroid dienone is 1. The van der Waals surface area contributed by atoms with E-state index in [-0.39, 0.29) is 11.0 Å². The van der Waals surface area contributed by atoms with E-state index in [1.54, 1.807) is 18.5 Å². The summed E-state index contributed by atoms with van der Waals surface area (Å²) in [4.78, 5) is 17.1. The summed E-state index contributed by atoms with van der Waals surface area (Å²) >= 11 is 1.42. The number of nitrogens with zero attached hydrogens (tertiary/aromatic N) is 4. The first-order valence-electron chi connectivity index (χ1n) is 9.15. The van der Waals surface area contributed by atoms with Crippen LogP contribution in [-0.4, -0.2) is 30.8 Å². The van der Waals surface area contributed by atoms with E-state index in [4.69, 9.17) is 0 Å². The quantitative estimate of drug-likeness (QED) is 0.328. The van der Waals surface area contributed by atoms with Crippen LogP contribution in [0.3, 0.4) is 0 Å². The molecule has 1 unspecified atom stereocenters. The topological polar surface area (TPSA) is 60.7 Å². The lowest BCUT2D eigenvalue weighted by Gasteiger charge is -2.14. The molecule has 3 rings (SSSR count). The van der Waals surface area contributed by atoms with E-state index in [0.717, 1.165) is 28.1 Å². The van der Waals surface area contributed by atoms with Crippen LogP contribution in [0, 0.1) is 20.8 Å². The molecule has 3 aromatic rings. The summed E-state index contributed by atoms with van der Waals surface area (Å²) in [5.74, 6) is 0.844. The average molecular weight is 393 g/mol. The van der Waals surface area contributed by atoms with Crippen molar-refractivity contribution in [2.75, 3.05) is 0 Å². The number of benzene rings is 1. The van der Waals surface area contributed by atoms with Crippen LogP contribution < -0.4 is 0 Å². The summed E-state index contributed by atoms with van der Waals surface area (Å²) in [6.07, 6.45) is 5.26. The van der Waals surface area contributed by atoms with Crippen LogP contribution >= 0.6 is 11.8 Å². The fraction of sp³-hybridized carbons (Fsp3) is 0.273. The smallest absolute Gasteiger partial charge is 0.192 e. The van der Waals surface area contributed by atoms with Gasteiger partial charge in [-0.2, -0.15) is 0 Å². The molecule has 0 saturated carbocycles. The first kappa shape index (κ1) is 20.0. The second-order valence-electron chi connectivity index (χ2n) is 6.82. The van der Waals surface area contributed by atoms with Gasteiger partial charge in [-0.3, -0.25) is 14.3 Å². The van der Waals surface area contributed by atoms with Crippen molar-refractivity contribution in [1.29, 1.82) is 0 Å². The van der Waals surface area contributed by atoms with E-state index in [0.29, 0.717) is 11.7 Å².